The molecule has 0 saturated heterocycles. The molecular weight excluding hydrogens is 533 g/mol. The number of nitrogens with one attached hydrogen (secondary N) is 2. The molecule has 0 aliphatic carbocycles. The Morgan fingerprint density at radius 1 is 1.02 bits per heavy atom. The molecule has 5 rings (SSSR count). The highest BCUT2D eigenvalue weighted by Crippen LogP contribution is 2.38. The molecule has 4 aromatic rings. The Hall–Kier alpha value is -4.59. The maximum Gasteiger partial charge on any atom is 0.255 e. The van der Waals surface area contributed by atoms with Crippen molar-refractivity contribution in [1.82, 2.24) is 15.5 Å². The highest BCUT2D eigenvalue weighted by atomic mass is 19.1. The van der Waals surface area contributed by atoms with Gasteiger partial charge in [0, 0.05) is 48.8 Å². The number of halogens is 1. The first-order valence-electron chi connectivity index (χ1n) is 14.3. The van der Waals surface area contributed by atoms with E-state index in [0.29, 0.717) is 58.2 Å². The molecule has 7 nitrogen and oxygen atoms in total. The number of amides is 2. The van der Waals surface area contributed by atoms with Crippen molar-refractivity contribution in [3.63, 3.8) is 0 Å². The summed E-state index contributed by atoms with van der Waals surface area (Å²) in [5, 5.41) is 6.28. The molecule has 0 bridgehead atoms. The maximum atomic E-state index is 13.6. The van der Waals surface area contributed by atoms with Gasteiger partial charge in [-0.2, -0.15) is 0 Å². The fourth-order valence-corrected chi connectivity index (χ4v) is 5.02. The SMILES string of the molecule is CNC(=O)c1c(-c2ccc(F)cc2)oc2ccc(-c3cc(C(=O)NCC(C)C)ccc3OCCCN3C=CCC3)cc12. The molecule has 0 radical (unpaired) electrons. The van der Waals surface area contributed by atoms with Crippen molar-refractivity contribution in [1.29, 1.82) is 0 Å². The van der Waals surface area contributed by atoms with Gasteiger partial charge in [0.15, 0.2) is 0 Å². The third-order valence-corrected chi connectivity index (χ3v) is 7.22. The van der Waals surface area contributed by atoms with Crippen molar-refractivity contribution in [3.05, 3.63) is 89.9 Å². The Morgan fingerprint density at radius 3 is 2.52 bits per heavy atom. The maximum absolute atomic E-state index is 13.6. The average molecular weight is 570 g/mol. The van der Waals surface area contributed by atoms with Gasteiger partial charge in [-0.25, -0.2) is 4.39 Å². The van der Waals surface area contributed by atoms with Crippen molar-refractivity contribution in [2.24, 2.45) is 5.92 Å². The van der Waals surface area contributed by atoms with Gasteiger partial charge < -0.3 is 24.7 Å². The Bertz CT molecular complexity index is 1610. The molecule has 1 aromatic heterocycles. The molecule has 2 N–H and O–H groups in total. The van der Waals surface area contributed by atoms with Gasteiger partial charge in [-0.05, 0) is 85.1 Å². The van der Waals surface area contributed by atoms with Crippen LogP contribution in [0.15, 0.2) is 77.4 Å². The number of carbonyl (C=O) groups excluding carboxylic acids is 2. The lowest BCUT2D eigenvalue weighted by Gasteiger charge is -2.17. The summed E-state index contributed by atoms with van der Waals surface area (Å²) in [7, 11) is 1.56. The fourth-order valence-electron chi connectivity index (χ4n) is 5.02. The highest BCUT2D eigenvalue weighted by molar-refractivity contribution is 6.12. The highest BCUT2D eigenvalue weighted by Gasteiger charge is 2.23. The zero-order valence-electron chi connectivity index (χ0n) is 24.2. The first-order chi connectivity index (χ1) is 20.3. The molecule has 0 unspecified atom stereocenters. The molecule has 218 valence electrons. The quantitative estimate of drug-likeness (QED) is 0.198. The van der Waals surface area contributed by atoms with Gasteiger partial charge in [0.25, 0.3) is 11.8 Å². The Morgan fingerprint density at radius 2 is 1.81 bits per heavy atom. The van der Waals surface area contributed by atoms with E-state index >= 15 is 0 Å². The van der Waals surface area contributed by atoms with E-state index in [1.54, 1.807) is 31.3 Å². The molecule has 2 amide bonds. The minimum absolute atomic E-state index is 0.161. The van der Waals surface area contributed by atoms with E-state index in [2.05, 4.69) is 27.8 Å². The smallest absolute Gasteiger partial charge is 0.255 e. The number of hydrogen-bond donors (Lipinski definition) is 2. The average Bonchev–Trinajstić information content (AvgIpc) is 3.66. The zero-order valence-corrected chi connectivity index (χ0v) is 24.2. The number of benzene rings is 3. The zero-order chi connectivity index (χ0) is 29.6. The number of furan rings is 1. The third kappa shape index (κ3) is 6.48. The van der Waals surface area contributed by atoms with Crippen LogP contribution in [-0.2, 0) is 0 Å². The van der Waals surface area contributed by atoms with Crippen LogP contribution in [0.4, 0.5) is 4.39 Å². The molecule has 0 fully saturated rings. The van der Waals surface area contributed by atoms with Gasteiger partial charge in [0.2, 0.25) is 0 Å². The summed E-state index contributed by atoms with van der Waals surface area (Å²) in [6, 6.07) is 16.9. The predicted molar refractivity (Wildman–Crippen MR) is 163 cm³/mol. The second-order valence-corrected chi connectivity index (χ2v) is 10.8. The lowest BCUT2D eigenvalue weighted by Crippen LogP contribution is -2.27. The fraction of sp³-hybridized carbons (Fsp3) is 0.294. The molecular formula is C34H36FN3O4. The van der Waals surface area contributed by atoms with Crippen LogP contribution < -0.4 is 15.4 Å². The van der Waals surface area contributed by atoms with Crippen LogP contribution in [0, 0.1) is 11.7 Å². The van der Waals surface area contributed by atoms with Gasteiger partial charge in [-0.3, -0.25) is 9.59 Å². The monoisotopic (exact) mass is 569 g/mol. The van der Waals surface area contributed by atoms with Gasteiger partial charge in [0.1, 0.15) is 22.9 Å². The van der Waals surface area contributed by atoms with E-state index in [0.717, 1.165) is 37.1 Å². The van der Waals surface area contributed by atoms with E-state index in [-0.39, 0.29) is 17.6 Å². The van der Waals surface area contributed by atoms with Gasteiger partial charge in [-0.15, -0.1) is 0 Å². The first-order valence-corrected chi connectivity index (χ1v) is 14.3. The summed E-state index contributed by atoms with van der Waals surface area (Å²) in [6.45, 7) is 7.12. The molecule has 3 aromatic carbocycles. The summed E-state index contributed by atoms with van der Waals surface area (Å²) >= 11 is 0. The van der Waals surface area contributed by atoms with Crippen LogP contribution in [-0.4, -0.2) is 50.0 Å². The molecule has 0 atom stereocenters. The van der Waals surface area contributed by atoms with Crippen molar-refractivity contribution < 1.29 is 23.1 Å². The lowest BCUT2D eigenvalue weighted by atomic mass is 9.98. The van der Waals surface area contributed by atoms with E-state index in [9.17, 15) is 14.0 Å². The molecule has 8 heteroatoms. The largest absolute Gasteiger partial charge is 0.493 e. The summed E-state index contributed by atoms with van der Waals surface area (Å²) in [5.74, 6) is 0.473. The number of rotatable bonds is 11. The molecule has 0 spiro atoms. The van der Waals surface area contributed by atoms with E-state index < -0.39 is 0 Å². The Labute approximate surface area is 245 Å². The summed E-state index contributed by atoms with van der Waals surface area (Å²) < 4.78 is 26.0. The topological polar surface area (TPSA) is 83.8 Å². The summed E-state index contributed by atoms with van der Waals surface area (Å²) in [4.78, 5) is 28.3. The number of nitrogens with zero attached hydrogens (tertiary/aromatic N) is 1. The predicted octanol–water partition coefficient (Wildman–Crippen LogP) is 6.64. The molecule has 2 heterocycles. The van der Waals surface area contributed by atoms with Gasteiger partial charge >= 0.3 is 0 Å². The second-order valence-electron chi connectivity index (χ2n) is 10.8. The molecule has 1 aliphatic heterocycles. The number of hydrogen-bond acceptors (Lipinski definition) is 5. The van der Waals surface area contributed by atoms with Crippen LogP contribution in [0.2, 0.25) is 0 Å². The Kier molecular flexibility index (Phi) is 8.91. The van der Waals surface area contributed by atoms with Crippen LogP contribution in [0.3, 0.4) is 0 Å². The molecule has 1 aliphatic rings. The van der Waals surface area contributed by atoms with Crippen LogP contribution >= 0.6 is 0 Å². The van der Waals surface area contributed by atoms with Crippen molar-refractivity contribution in [2.45, 2.75) is 26.7 Å². The van der Waals surface area contributed by atoms with Crippen LogP contribution in [0.5, 0.6) is 5.75 Å². The van der Waals surface area contributed by atoms with Gasteiger partial charge in [-0.1, -0.05) is 26.0 Å². The lowest BCUT2D eigenvalue weighted by molar-refractivity contribution is 0.0945. The number of carbonyl (C=O) groups is 2. The summed E-state index contributed by atoms with van der Waals surface area (Å²) in [5.41, 5.74) is 3.49. The number of fused-ring (bicyclic) bond motifs is 1. The minimum atomic E-state index is -0.375. The molecule has 42 heavy (non-hydrogen) atoms. The normalized spacial score (nSPS) is 12.7. The van der Waals surface area contributed by atoms with Crippen molar-refractivity contribution in [2.75, 3.05) is 33.3 Å². The molecule has 0 saturated carbocycles. The van der Waals surface area contributed by atoms with Crippen LogP contribution in [0.25, 0.3) is 33.4 Å². The number of ether oxygens (including phenoxy) is 1. The van der Waals surface area contributed by atoms with E-state index in [1.807, 2.05) is 38.1 Å². The van der Waals surface area contributed by atoms with Crippen LogP contribution in [0.1, 0.15) is 47.4 Å². The second kappa shape index (κ2) is 12.9. The van der Waals surface area contributed by atoms with E-state index in [1.165, 1.54) is 12.1 Å². The van der Waals surface area contributed by atoms with E-state index in [4.69, 9.17) is 9.15 Å². The summed E-state index contributed by atoms with van der Waals surface area (Å²) in [6.07, 6.45) is 6.22. The third-order valence-electron chi connectivity index (χ3n) is 7.22. The Balaban J connectivity index is 1.53. The van der Waals surface area contributed by atoms with Crippen molar-refractivity contribution in [3.8, 4) is 28.2 Å². The van der Waals surface area contributed by atoms with Gasteiger partial charge in [0.05, 0.1) is 12.2 Å². The van der Waals surface area contributed by atoms with Crippen molar-refractivity contribution >= 4 is 22.8 Å². The standard InChI is InChI=1S/C34H36FN3O4/c1-22(2)21-37-33(39)25-10-13-29(41-18-6-17-38-15-4-5-16-38)27(20-25)24-9-14-30-28(19-24)31(34(40)36-3)32(42-30)23-7-11-26(35)12-8-23/h4,7-15,19-20,22H,5-6,16-18,21H2,1-3H3,(H,36,40)(H,37,39). The first kappa shape index (κ1) is 28.9. The minimum Gasteiger partial charge on any atom is -0.493 e.